The Bertz CT molecular complexity index is 953. The first kappa shape index (κ1) is 21.5. The van der Waals surface area contributed by atoms with Gasteiger partial charge in [0.15, 0.2) is 0 Å². The molecule has 5 aliphatic rings. The summed E-state index contributed by atoms with van der Waals surface area (Å²) < 4.78 is 0. The number of fused-ring (bicyclic) bond motifs is 1. The Kier molecular flexibility index (Phi) is 5.82. The van der Waals surface area contributed by atoms with E-state index in [9.17, 15) is 4.79 Å². The molecule has 0 atom stereocenters. The van der Waals surface area contributed by atoms with Crippen molar-refractivity contribution in [1.29, 1.82) is 0 Å². The lowest BCUT2D eigenvalue weighted by Crippen LogP contribution is -2.53. The zero-order valence-electron chi connectivity index (χ0n) is 20.0. The van der Waals surface area contributed by atoms with Crippen LogP contribution in [0.1, 0.15) is 51.4 Å². The van der Waals surface area contributed by atoms with E-state index >= 15 is 0 Å². The summed E-state index contributed by atoms with van der Waals surface area (Å²) >= 11 is 0. The molecule has 0 aromatic heterocycles. The van der Waals surface area contributed by atoms with Gasteiger partial charge in [0.1, 0.15) is 0 Å². The van der Waals surface area contributed by atoms with Crippen LogP contribution >= 0.6 is 0 Å². The number of hydrogen-bond donors (Lipinski definition) is 1. The first-order chi connectivity index (χ1) is 16.2. The van der Waals surface area contributed by atoms with Gasteiger partial charge in [-0.25, -0.2) is 0 Å². The summed E-state index contributed by atoms with van der Waals surface area (Å²) in [5, 5.41) is 6.05. The van der Waals surface area contributed by atoms with Gasteiger partial charge in [-0.3, -0.25) is 9.69 Å². The fourth-order valence-corrected chi connectivity index (χ4v) is 7.94. The second-order valence-corrected chi connectivity index (χ2v) is 11.5. The molecule has 1 N–H and O–H groups in total. The van der Waals surface area contributed by atoms with Gasteiger partial charge >= 0.3 is 0 Å². The van der Waals surface area contributed by atoms with E-state index in [1.165, 1.54) is 61.4 Å². The molecule has 4 bridgehead atoms. The Morgan fingerprint density at radius 2 is 1.52 bits per heavy atom. The lowest BCUT2D eigenvalue weighted by molar-refractivity contribution is -0.146. The van der Waals surface area contributed by atoms with E-state index < -0.39 is 0 Å². The van der Waals surface area contributed by atoms with E-state index in [0.29, 0.717) is 5.91 Å². The van der Waals surface area contributed by atoms with Crippen molar-refractivity contribution in [2.45, 2.75) is 51.4 Å². The quantitative estimate of drug-likeness (QED) is 0.604. The molecule has 7 rings (SSSR count). The van der Waals surface area contributed by atoms with Crippen molar-refractivity contribution < 1.29 is 4.79 Å². The van der Waals surface area contributed by atoms with Crippen LogP contribution < -0.4 is 10.2 Å². The topological polar surface area (TPSA) is 35.6 Å². The smallest absolute Gasteiger partial charge is 0.226 e. The molecule has 1 amide bonds. The van der Waals surface area contributed by atoms with Crippen molar-refractivity contribution in [3.8, 4) is 0 Å². The minimum atomic E-state index is 0.00664. The summed E-state index contributed by atoms with van der Waals surface area (Å²) in [5.74, 6) is 2.92. The molecule has 0 radical (unpaired) electrons. The number of anilines is 1. The van der Waals surface area contributed by atoms with Gasteiger partial charge in [-0.15, -0.1) is 0 Å². The van der Waals surface area contributed by atoms with Crippen molar-refractivity contribution in [3.05, 3.63) is 42.5 Å². The van der Waals surface area contributed by atoms with Gasteiger partial charge in [0.25, 0.3) is 0 Å². The molecule has 0 unspecified atom stereocenters. The fraction of sp³-hybridized carbons (Fsp3) is 0.621. The van der Waals surface area contributed by atoms with Crippen LogP contribution in [-0.4, -0.2) is 50.1 Å². The van der Waals surface area contributed by atoms with Crippen LogP contribution in [0.25, 0.3) is 10.8 Å². The highest BCUT2D eigenvalue weighted by Gasteiger charge is 2.54. The molecule has 2 aromatic carbocycles. The van der Waals surface area contributed by atoms with Crippen LogP contribution in [0.2, 0.25) is 0 Å². The molecule has 4 aliphatic carbocycles. The van der Waals surface area contributed by atoms with Crippen LogP contribution in [0.3, 0.4) is 0 Å². The highest BCUT2D eigenvalue weighted by atomic mass is 16.2. The largest absolute Gasteiger partial charge is 0.368 e. The van der Waals surface area contributed by atoms with Gasteiger partial charge in [0, 0.05) is 49.2 Å². The maximum atomic E-state index is 13.1. The van der Waals surface area contributed by atoms with Crippen LogP contribution in [0, 0.1) is 23.2 Å². The average molecular weight is 446 g/mol. The molecular weight excluding hydrogens is 406 g/mol. The van der Waals surface area contributed by atoms with E-state index in [2.05, 4.69) is 57.6 Å². The first-order valence-electron chi connectivity index (χ1n) is 13.4. The maximum Gasteiger partial charge on any atom is 0.226 e. The van der Waals surface area contributed by atoms with Gasteiger partial charge in [-0.2, -0.15) is 0 Å². The molecule has 2 aromatic rings. The second-order valence-electron chi connectivity index (χ2n) is 11.5. The van der Waals surface area contributed by atoms with E-state index in [4.69, 9.17) is 0 Å². The van der Waals surface area contributed by atoms with E-state index in [1.807, 2.05) is 0 Å². The number of benzene rings is 2. The van der Waals surface area contributed by atoms with Gasteiger partial charge in [0.05, 0.1) is 0 Å². The number of unbranched alkanes of at least 4 members (excludes halogenated alkanes) is 1. The number of nitrogens with one attached hydrogen (secondary N) is 1. The summed E-state index contributed by atoms with van der Waals surface area (Å²) in [6.45, 7) is 6.45. The summed E-state index contributed by atoms with van der Waals surface area (Å²) in [6, 6.07) is 15.4. The third kappa shape index (κ3) is 4.27. The molecular formula is C29H39N3O. The first-order valence-corrected chi connectivity index (χ1v) is 13.4. The molecule has 4 heteroatoms. The van der Waals surface area contributed by atoms with Crippen molar-refractivity contribution in [2.75, 3.05) is 44.2 Å². The zero-order valence-corrected chi connectivity index (χ0v) is 20.0. The number of carbonyl (C=O) groups is 1. The Hall–Kier alpha value is -2.07. The highest BCUT2D eigenvalue weighted by molar-refractivity contribution is 5.94. The van der Waals surface area contributed by atoms with E-state index in [-0.39, 0.29) is 5.41 Å². The summed E-state index contributed by atoms with van der Waals surface area (Å²) in [6.07, 6.45) is 10.0. The van der Waals surface area contributed by atoms with Gasteiger partial charge in [-0.1, -0.05) is 36.4 Å². The third-order valence-corrected chi connectivity index (χ3v) is 9.19. The Morgan fingerprint density at radius 3 is 2.24 bits per heavy atom. The molecule has 176 valence electrons. The Balaban J connectivity index is 0.929. The lowest BCUT2D eigenvalue weighted by Gasteiger charge is -2.55. The maximum absolute atomic E-state index is 13.1. The third-order valence-electron chi connectivity index (χ3n) is 9.19. The number of nitrogens with zero attached hydrogens (tertiary/aromatic N) is 2. The minimum absolute atomic E-state index is 0.00664. The van der Waals surface area contributed by atoms with Crippen LogP contribution in [0.4, 0.5) is 5.69 Å². The van der Waals surface area contributed by atoms with Crippen molar-refractivity contribution in [1.82, 2.24) is 10.2 Å². The highest BCUT2D eigenvalue weighted by Crippen LogP contribution is 2.60. The standard InChI is InChI=1S/C29H39N3O/c33-28(29-19-22-16-23(20-29)18-24(17-22)21-29)30-10-3-4-11-31-12-14-32(15-13-31)27-9-5-7-25-6-1-2-8-26(25)27/h1-2,5-9,22-24H,3-4,10-21H2,(H,30,33). The van der Waals surface area contributed by atoms with Crippen molar-refractivity contribution in [2.24, 2.45) is 23.2 Å². The normalized spacial score (nSPS) is 31.3. The Labute approximate surface area is 198 Å². The van der Waals surface area contributed by atoms with Crippen molar-refractivity contribution >= 4 is 22.4 Å². The summed E-state index contributed by atoms with van der Waals surface area (Å²) in [5.41, 5.74) is 1.38. The molecule has 5 fully saturated rings. The van der Waals surface area contributed by atoms with Gasteiger partial charge in [-0.05, 0) is 87.1 Å². The molecule has 4 saturated carbocycles. The molecule has 1 heterocycles. The monoisotopic (exact) mass is 445 g/mol. The molecule has 4 nitrogen and oxygen atoms in total. The molecule has 33 heavy (non-hydrogen) atoms. The minimum Gasteiger partial charge on any atom is -0.368 e. The second kappa shape index (κ2) is 8.94. The molecule has 0 spiro atoms. The van der Waals surface area contributed by atoms with E-state index in [1.54, 1.807) is 0 Å². The number of hydrogen-bond acceptors (Lipinski definition) is 3. The number of rotatable bonds is 7. The molecule has 1 saturated heterocycles. The predicted molar refractivity (Wildman–Crippen MR) is 135 cm³/mol. The summed E-state index contributed by atoms with van der Waals surface area (Å²) in [4.78, 5) is 18.2. The number of piperazine rings is 1. The van der Waals surface area contributed by atoms with Crippen molar-refractivity contribution in [3.63, 3.8) is 0 Å². The number of amides is 1. The van der Waals surface area contributed by atoms with Gasteiger partial charge < -0.3 is 10.2 Å². The zero-order chi connectivity index (χ0) is 22.3. The number of carbonyl (C=O) groups excluding carboxylic acids is 1. The van der Waals surface area contributed by atoms with Crippen LogP contribution in [0.5, 0.6) is 0 Å². The summed E-state index contributed by atoms with van der Waals surface area (Å²) in [7, 11) is 0. The Morgan fingerprint density at radius 1 is 0.848 bits per heavy atom. The van der Waals surface area contributed by atoms with E-state index in [0.717, 1.165) is 63.4 Å². The fourth-order valence-electron chi connectivity index (χ4n) is 7.94. The predicted octanol–water partition coefficient (Wildman–Crippen LogP) is 5.07. The molecule has 1 aliphatic heterocycles. The van der Waals surface area contributed by atoms with Crippen LogP contribution in [-0.2, 0) is 4.79 Å². The van der Waals surface area contributed by atoms with Gasteiger partial charge in [0.2, 0.25) is 5.91 Å². The van der Waals surface area contributed by atoms with Crippen LogP contribution in [0.15, 0.2) is 42.5 Å². The SMILES string of the molecule is O=C(NCCCCN1CCN(c2cccc3ccccc23)CC1)C12CC3CC(CC(C3)C1)C2. The lowest BCUT2D eigenvalue weighted by atomic mass is 9.49. The average Bonchev–Trinajstić information content (AvgIpc) is 2.83.